The maximum Gasteiger partial charge on any atom is 0.162 e. The van der Waals surface area contributed by atoms with Crippen LogP contribution in [-0.2, 0) is 6.42 Å². The quantitative estimate of drug-likeness (QED) is 0.0900. The van der Waals surface area contributed by atoms with Crippen molar-refractivity contribution in [3.05, 3.63) is 40.1 Å². The van der Waals surface area contributed by atoms with Gasteiger partial charge in [-0.15, -0.1) is 0 Å². The molecule has 2 aromatic rings. The topological polar surface area (TPSA) is 35.0 Å². The lowest BCUT2D eigenvalue weighted by Crippen LogP contribution is -2.00. The highest BCUT2D eigenvalue weighted by Gasteiger charge is 2.13. The minimum absolute atomic E-state index is 0.474. The van der Waals surface area contributed by atoms with Crippen molar-refractivity contribution in [3.8, 4) is 17.1 Å². The van der Waals surface area contributed by atoms with Crippen LogP contribution in [0.3, 0.4) is 0 Å². The Kier molecular flexibility index (Phi) is 19.4. The van der Waals surface area contributed by atoms with Crippen LogP contribution < -0.4 is 4.74 Å². The second-order valence-corrected chi connectivity index (χ2v) is 12.4. The summed E-state index contributed by atoms with van der Waals surface area (Å²) in [5.41, 5.74) is 1.77. The number of aromatic nitrogens is 2. The first kappa shape index (κ1) is 34.9. The van der Waals surface area contributed by atoms with Gasteiger partial charge in [0, 0.05) is 11.1 Å². The van der Waals surface area contributed by atoms with Crippen molar-refractivity contribution in [2.24, 2.45) is 5.92 Å². The molecule has 1 heterocycles. The van der Waals surface area contributed by atoms with Gasteiger partial charge in [-0.3, -0.25) is 0 Å². The van der Waals surface area contributed by atoms with Crippen LogP contribution in [0.5, 0.6) is 5.75 Å². The molecule has 0 spiro atoms. The molecule has 0 aliphatic carbocycles. The van der Waals surface area contributed by atoms with Gasteiger partial charge in [-0.05, 0) is 49.4 Å². The van der Waals surface area contributed by atoms with Crippen molar-refractivity contribution in [2.75, 3.05) is 6.61 Å². The molecule has 0 N–H and O–H groups in total. The predicted molar refractivity (Wildman–Crippen MR) is 175 cm³/mol. The molecule has 0 saturated carbocycles. The van der Waals surface area contributed by atoms with Crippen LogP contribution in [0.15, 0.2) is 24.3 Å². The van der Waals surface area contributed by atoms with Gasteiger partial charge in [0.05, 0.1) is 6.61 Å². The van der Waals surface area contributed by atoms with Gasteiger partial charge >= 0.3 is 0 Å². The Balaban J connectivity index is 1.61. The Labute approximate surface area is 256 Å². The van der Waals surface area contributed by atoms with Crippen LogP contribution in [-0.4, -0.2) is 16.6 Å². The van der Waals surface area contributed by atoms with Gasteiger partial charge in [0.15, 0.2) is 5.82 Å². The summed E-state index contributed by atoms with van der Waals surface area (Å²) < 4.78 is 5.92. The fourth-order valence-corrected chi connectivity index (χ4v) is 5.71. The molecular weight excluding hydrogens is 535 g/mol. The molecule has 40 heavy (non-hydrogen) atoms. The minimum atomic E-state index is 0.474. The molecule has 1 aromatic heterocycles. The summed E-state index contributed by atoms with van der Waals surface area (Å²) in [7, 11) is 0. The van der Waals surface area contributed by atoms with E-state index in [1.165, 1.54) is 109 Å². The Morgan fingerprint density at radius 1 is 0.650 bits per heavy atom. The third kappa shape index (κ3) is 15.1. The van der Waals surface area contributed by atoms with Crippen LogP contribution in [0.25, 0.3) is 11.4 Å². The van der Waals surface area contributed by atoms with E-state index in [4.69, 9.17) is 27.9 Å². The first-order valence-electron chi connectivity index (χ1n) is 16.5. The molecule has 0 unspecified atom stereocenters. The fourth-order valence-electron chi connectivity index (χ4n) is 5.13. The minimum Gasteiger partial charge on any atom is -0.494 e. The monoisotopic (exact) mass is 590 g/mol. The largest absolute Gasteiger partial charge is 0.494 e. The van der Waals surface area contributed by atoms with Gasteiger partial charge in [0.1, 0.15) is 16.1 Å². The lowest BCUT2D eigenvalue weighted by molar-refractivity contribution is 0.302. The smallest absolute Gasteiger partial charge is 0.162 e. The Hall–Kier alpha value is -1.32. The molecule has 0 saturated heterocycles. The van der Waals surface area contributed by atoms with Crippen LogP contribution in [0.4, 0.5) is 0 Å². The maximum atomic E-state index is 6.55. The fraction of sp³-hybridized carbons (Fsp3) is 0.714. The maximum absolute atomic E-state index is 6.55. The van der Waals surface area contributed by atoms with Crippen molar-refractivity contribution < 1.29 is 4.74 Å². The highest BCUT2D eigenvalue weighted by Crippen LogP contribution is 2.28. The SMILES string of the molecule is CCCCCCCCCCCCCCCCc1c(Cl)nc(-c2ccc(OCCCCC[C@@H](C)CC)cc2)nc1Cl. The molecule has 226 valence electrons. The highest BCUT2D eigenvalue weighted by atomic mass is 35.5. The van der Waals surface area contributed by atoms with E-state index in [9.17, 15) is 0 Å². The van der Waals surface area contributed by atoms with Crippen molar-refractivity contribution in [2.45, 2.75) is 149 Å². The number of rotatable bonds is 24. The van der Waals surface area contributed by atoms with E-state index >= 15 is 0 Å². The number of halogens is 2. The van der Waals surface area contributed by atoms with Gasteiger partial charge in [-0.1, -0.05) is 153 Å². The number of ether oxygens (including phenoxy) is 1. The summed E-state index contributed by atoms with van der Waals surface area (Å²) in [4.78, 5) is 9.13. The normalized spacial score (nSPS) is 12.1. The molecule has 3 nitrogen and oxygen atoms in total. The molecule has 1 atom stereocenters. The number of nitrogens with zero attached hydrogens (tertiary/aromatic N) is 2. The molecule has 0 amide bonds. The number of benzene rings is 1. The summed E-state index contributed by atoms with van der Waals surface area (Å²) in [5, 5.41) is 0.949. The van der Waals surface area contributed by atoms with E-state index in [1.54, 1.807) is 0 Å². The van der Waals surface area contributed by atoms with Crippen molar-refractivity contribution in [3.63, 3.8) is 0 Å². The molecule has 0 fully saturated rings. The zero-order valence-corrected chi connectivity index (χ0v) is 27.3. The summed E-state index contributed by atoms with van der Waals surface area (Å²) >= 11 is 13.1. The van der Waals surface area contributed by atoms with Crippen LogP contribution in [0.1, 0.15) is 148 Å². The standard InChI is InChI=1S/C35H56Cl2N2O/c1-4-6-7-8-9-10-11-12-13-14-15-16-17-20-23-32-33(36)38-35(39-34(32)37)30-24-26-31(27-25-30)40-28-21-18-19-22-29(3)5-2/h24-27,29H,4-23,28H2,1-3H3/t29-/m0/s1. The lowest BCUT2D eigenvalue weighted by atomic mass is 10.0. The van der Waals surface area contributed by atoms with E-state index in [1.807, 2.05) is 24.3 Å². The third-order valence-electron chi connectivity index (χ3n) is 8.11. The van der Waals surface area contributed by atoms with Crippen molar-refractivity contribution in [1.82, 2.24) is 9.97 Å². The van der Waals surface area contributed by atoms with Gasteiger partial charge in [-0.2, -0.15) is 0 Å². The Bertz CT molecular complexity index is 880. The zero-order valence-electron chi connectivity index (χ0n) is 25.8. The second kappa shape index (κ2) is 22.3. The average Bonchev–Trinajstić information content (AvgIpc) is 2.96. The van der Waals surface area contributed by atoms with Gasteiger partial charge in [-0.25, -0.2) is 9.97 Å². The second-order valence-electron chi connectivity index (χ2n) is 11.7. The summed E-state index contributed by atoms with van der Waals surface area (Å²) in [6.07, 6.45) is 25.9. The molecule has 5 heteroatoms. The average molecular weight is 592 g/mol. The molecule has 0 aliphatic rings. The van der Waals surface area contributed by atoms with Crippen LogP contribution in [0, 0.1) is 5.92 Å². The molecule has 0 aliphatic heterocycles. The van der Waals surface area contributed by atoms with Crippen molar-refractivity contribution >= 4 is 23.2 Å². The molecule has 2 rings (SSSR count). The van der Waals surface area contributed by atoms with E-state index in [2.05, 4.69) is 30.7 Å². The predicted octanol–water partition coefficient (Wildman–Crippen LogP) is 12.5. The van der Waals surface area contributed by atoms with E-state index < -0.39 is 0 Å². The molecule has 0 radical (unpaired) electrons. The van der Waals surface area contributed by atoms with Gasteiger partial charge < -0.3 is 4.74 Å². The first-order valence-corrected chi connectivity index (χ1v) is 17.3. The molecular formula is C35H56Cl2N2O. The third-order valence-corrected chi connectivity index (χ3v) is 8.73. The first-order chi connectivity index (χ1) is 19.5. The van der Waals surface area contributed by atoms with E-state index in [0.29, 0.717) is 16.1 Å². The van der Waals surface area contributed by atoms with E-state index in [0.717, 1.165) is 48.7 Å². The van der Waals surface area contributed by atoms with E-state index in [-0.39, 0.29) is 0 Å². The van der Waals surface area contributed by atoms with Crippen LogP contribution >= 0.6 is 23.2 Å². The number of unbranched alkanes of at least 4 members (excludes halogenated alkanes) is 15. The van der Waals surface area contributed by atoms with Crippen LogP contribution in [0.2, 0.25) is 10.3 Å². The highest BCUT2D eigenvalue weighted by molar-refractivity contribution is 6.34. The summed E-state index contributed by atoms with van der Waals surface area (Å²) in [6, 6.07) is 7.91. The molecule has 0 bridgehead atoms. The zero-order chi connectivity index (χ0) is 28.8. The van der Waals surface area contributed by atoms with Gasteiger partial charge in [0.2, 0.25) is 0 Å². The van der Waals surface area contributed by atoms with Gasteiger partial charge in [0.25, 0.3) is 0 Å². The molecule has 1 aromatic carbocycles. The number of hydrogen-bond acceptors (Lipinski definition) is 3. The van der Waals surface area contributed by atoms with Crippen molar-refractivity contribution in [1.29, 1.82) is 0 Å². The summed E-state index contributed by atoms with van der Waals surface area (Å²) in [5.74, 6) is 2.27. The number of hydrogen-bond donors (Lipinski definition) is 0. The Morgan fingerprint density at radius 2 is 1.15 bits per heavy atom. The lowest BCUT2D eigenvalue weighted by Gasteiger charge is -2.10. The Morgan fingerprint density at radius 3 is 1.68 bits per heavy atom. The summed E-state index contributed by atoms with van der Waals surface area (Å²) in [6.45, 7) is 7.63.